The van der Waals surface area contributed by atoms with Gasteiger partial charge in [-0.3, -0.25) is 9.59 Å². The standard InChI is InChI=1S/C24H32FN3O3/c1-17(2)12-23(29)26-21-10-11-22(27(3)4)19(13-21)15-28(24(30)16-31-5)14-18-6-8-20(25)9-7-18/h6-11,13,17H,12,14-16H2,1-5H3,(H,26,29). The zero-order valence-corrected chi connectivity index (χ0v) is 18.9. The first-order chi connectivity index (χ1) is 14.7. The molecule has 0 fully saturated rings. The Kier molecular flexibility index (Phi) is 9.00. The lowest BCUT2D eigenvalue weighted by Gasteiger charge is -2.26. The fourth-order valence-corrected chi connectivity index (χ4v) is 3.27. The second kappa shape index (κ2) is 11.5. The zero-order valence-electron chi connectivity index (χ0n) is 18.9. The van der Waals surface area contributed by atoms with Gasteiger partial charge in [-0.05, 0) is 47.4 Å². The van der Waals surface area contributed by atoms with Gasteiger partial charge in [0.1, 0.15) is 12.4 Å². The molecule has 31 heavy (non-hydrogen) atoms. The van der Waals surface area contributed by atoms with E-state index in [0.717, 1.165) is 16.8 Å². The van der Waals surface area contributed by atoms with Crippen molar-refractivity contribution in [3.05, 3.63) is 59.4 Å². The summed E-state index contributed by atoms with van der Waals surface area (Å²) in [6.07, 6.45) is 0.438. The van der Waals surface area contributed by atoms with Crippen molar-refractivity contribution in [2.45, 2.75) is 33.4 Å². The molecule has 0 bridgehead atoms. The van der Waals surface area contributed by atoms with E-state index in [2.05, 4.69) is 5.32 Å². The number of nitrogens with zero attached hydrogens (tertiary/aromatic N) is 2. The van der Waals surface area contributed by atoms with Crippen molar-refractivity contribution in [2.75, 3.05) is 38.0 Å². The Morgan fingerprint density at radius 1 is 1.06 bits per heavy atom. The van der Waals surface area contributed by atoms with Crippen LogP contribution in [-0.4, -0.2) is 44.5 Å². The first kappa shape index (κ1) is 24.3. The van der Waals surface area contributed by atoms with Crippen LogP contribution in [-0.2, 0) is 27.4 Å². The maximum Gasteiger partial charge on any atom is 0.249 e. The summed E-state index contributed by atoms with van der Waals surface area (Å²) in [6, 6.07) is 11.8. The molecule has 0 saturated carbocycles. The molecular formula is C24H32FN3O3. The molecule has 2 aromatic rings. The number of ether oxygens (including phenoxy) is 1. The van der Waals surface area contributed by atoms with Crippen LogP contribution in [0.3, 0.4) is 0 Å². The summed E-state index contributed by atoms with van der Waals surface area (Å²) in [5.74, 6) is -0.278. The zero-order chi connectivity index (χ0) is 23.0. The van der Waals surface area contributed by atoms with Gasteiger partial charge in [0.05, 0.1) is 0 Å². The van der Waals surface area contributed by atoms with Crippen molar-refractivity contribution >= 4 is 23.2 Å². The average Bonchev–Trinajstić information content (AvgIpc) is 2.68. The Bertz CT molecular complexity index is 882. The van der Waals surface area contributed by atoms with Crippen LogP contribution in [0, 0.1) is 11.7 Å². The van der Waals surface area contributed by atoms with E-state index in [1.807, 2.05) is 51.0 Å². The number of carbonyl (C=O) groups excluding carboxylic acids is 2. The number of anilines is 2. The molecule has 0 saturated heterocycles. The molecule has 6 nitrogen and oxygen atoms in total. The Morgan fingerprint density at radius 2 is 1.74 bits per heavy atom. The van der Waals surface area contributed by atoms with Crippen LogP contribution in [0.4, 0.5) is 15.8 Å². The number of rotatable bonds is 10. The summed E-state index contributed by atoms with van der Waals surface area (Å²) >= 11 is 0. The molecule has 0 aromatic heterocycles. The van der Waals surface area contributed by atoms with Crippen LogP contribution in [0.25, 0.3) is 0 Å². The number of nitrogens with one attached hydrogen (secondary N) is 1. The highest BCUT2D eigenvalue weighted by molar-refractivity contribution is 5.91. The van der Waals surface area contributed by atoms with Gasteiger partial charge in [-0.15, -0.1) is 0 Å². The fourth-order valence-electron chi connectivity index (χ4n) is 3.27. The Labute approximate surface area is 184 Å². The van der Waals surface area contributed by atoms with Crippen LogP contribution in [0.2, 0.25) is 0 Å². The van der Waals surface area contributed by atoms with Gasteiger partial charge in [0.25, 0.3) is 0 Å². The molecule has 0 heterocycles. The molecule has 2 aromatic carbocycles. The minimum Gasteiger partial charge on any atom is -0.377 e. The normalized spacial score (nSPS) is 10.8. The van der Waals surface area contributed by atoms with Crippen LogP contribution < -0.4 is 10.2 Å². The molecular weight excluding hydrogens is 397 g/mol. The lowest BCUT2D eigenvalue weighted by molar-refractivity contribution is -0.136. The van der Waals surface area contributed by atoms with E-state index in [-0.39, 0.29) is 30.2 Å². The highest BCUT2D eigenvalue weighted by Crippen LogP contribution is 2.25. The van der Waals surface area contributed by atoms with E-state index < -0.39 is 0 Å². The first-order valence-electron chi connectivity index (χ1n) is 10.3. The highest BCUT2D eigenvalue weighted by atomic mass is 19.1. The minimum atomic E-state index is -0.321. The third-order valence-electron chi connectivity index (χ3n) is 4.71. The molecule has 2 amide bonds. The largest absolute Gasteiger partial charge is 0.377 e. The monoisotopic (exact) mass is 429 g/mol. The second-order valence-corrected chi connectivity index (χ2v) is 8.19. The number of hydrogen-bond donors (Lipinski definition) is 1. The van der Waals surface area contributed by atoms with Gasteiger partial charge >= 0.3 is 0 Å². The van der Waals surface area contributed by atoms with Crippen molar-refractivity contribution < 1.29 is 18.7 Å². The number of amides is 2. The SMILES string of the molecule is COCC(=O)N(Cc1ccc(F)cc1)Cc1cc(NC(=O)CC(C)C)ccc1N(C)C. The summed E-state index contributed by atoms with van der Waals surface area (Å²) in [5.41, 5.74) is 3.33. The van der Waals surface area contributed by atoms with Crippen molar-refractivity contribution in [3.63, 3.8) is 0 Å². The van der Waals surface area contributed by atoms with Crippen LogP contribution in [0.1, 0.15) is 31.4 Å². The van der Waals surface area contributed by atoms with Crippen molar-refractivity contribution in [1.82, 2.24) is 4.90 Å². The molecule has 0 aliphatic heterocycles. The van der Waals surface area contributed by atoms with Gasteiger partial charge in [-0.1, -0.05) is 26.0 Å². The molecule has 0 aliphatic carbocycles. The van der Waals surface area contributed by atoms with Gasteiger partial charge in [0.2, 0.25) is 11.8 Å². The second-order valence-electron chi connectivity index (χ2n) is 8.19. The van der Waals surface area contributed by atoms with Crippen LogP contribution in [0.15, 0.2) is 42.5 Å². The summed E-state index contributed by atoms with van der Waals surface area (Å²) in [5, 5.41) is 2.94. The molecule has 0 atom stereocenters. The lowest BCUT2D eigenvalue weighted by Crippen LogP contribution is -2.33. The Balaban J connectivity index is 2.31. The number of halogens is 1. The van der Waals surface area contributed by atoms with Crippen LogP contribution in [0.5, 0.6) is 0 Å². The quantitative estimate of drug-likeness (QED) is 0.619. The van der Waals surface area contributed by atoms with E-state index in [1.165, 1.54) is 19.2 Å². The van der Waals surface area contributed by atoms with Crippen molar-refractivity contribution in [3.8, 4) is 0 Å². The number of carbonyl (C=O) groups is 2. The Hall–Kier alpha value is -2.93. The molecule has 2 rings (SSSR count). The molecule has 0 radical (unpaired) electrons. The minimum absolute atomic E-state index is 0.0443. The van der Waals surface area contributed by atoms with Gasteiger partial charge in [0.15, 0.2) is 0 Å². The topological polar surface area (TPSA) is 61.9 Å². The summed E-state index contributed by atoms with van der Waals surface area (Å²) < 4.78 is 18.3. The van der Waals surface area contributed by atoms with E-state index in [9.17, 15) is 14.0 Å². The van der Waals surface area contributed by atoms with Gasteiger partial charge in [-0.25, -0.2) is 4.39 Å². The maximum atomic E-state index is 13.3. The van der Waals surface area contributed by atoms with Gasteiger partial charge < -0.3 is 19.9 Å². The summed E-state index contributed by atoms with van der Waals surface area (Å²) in [6.45, 7) is 4.58. The van der Waals surface area contributed by atoms with Gasteiger partial charge in [0, 0.05) is 52.1 Å². The van der Waals surface area contributed by atoms with Crippen molar-refractivity contribution in [2.24, 2.45) is 5.92 Å². The lowest BCUT2D eigenvalue weighted by atomic mass is 10.1. The van der Waals surface area contributed by atoms with Crippen molar-refractivity contribution in [1.29, 1.82) is 0 Å². The number of benzene rings is 2. The smallest absolute Gasteiger partial charge is 0.249 e. The van der Waals surface area contributed by atoms with E-state index in [0.29, 0.717) is 25.2 Å². The highest BCUT2D eigenvalue weighted by Gasteiger charge is 2.18. The predicted molar refractivity (Wildman–Crippen MR) is 121 cm³/mol. The molecule has 0 aliphatic rings. The third kappa shape index (κ3) is 7.68. The van der Waals surface area contributed by atoms with E-state index in [4.69, 9.17) is 4.74 Å². The summed E-state index contributed by atoms with van der Waals surface area (Å²) in [4.78, 5) is 28.6. The molecule has 0 spiro atoms. The molecule has 7 heteroatoms. The van der Waals surface area contributed by atoms with E-state index in [1.54, 1.807) is 17.0 Å². The van der Waals surface area contributed by atoms with Crippen LogP contribution >= 0.6 is 0 Å². The molecule has 1 N–H and O–H groups in total. The molecule has 168 valence electrons. The maximum absolute atomic E-state index is 13.3. The average molecular weight is 430 g/mol. The molecule has 0 unspecified atom stereocenters. The van der Waals surface area contributed by atoms with E-state index >= 15 is 0 Å². The third-order valence-corrected chi connectivity index (χ3v) is 4.71. The fraction of sp³-hybridized carbons (Fsp3) is 0.417. The van der Waals surface area contributed by atoms with Gasteiger partial charge in [-0.2, -0.15) is 0 Å². The Morgan fingerprint density at radius 3 is 2.32 bits per heavy atom. The number of methoxy groups -OCH3 is 1. The first-order valence-corrected chi connectivity index (χ1v) is 10.3. The number of hydrogen-bond acceptors (Lipinski definition) is 4. The summed E-state index contributed by atoms with van der Waals surface area (Å²) in [7, 11) is 5.33. The predicted octanol–water partition coefficient (Wildman–Crippen LogP) is 4.05.